The molecule has 0 saturated heterocycles. The van der Waals surface area contributed by atoms with E-state index in [1.54, 1.807) is 6.21 Å². The van der Waals surface area contributed by atoms with Crippen LogP contribution in [0.2, 0.25) is 0 Å². The molecule has 184 valence electrons. The average Bonchev–Trinajstić information content (AvgIpc) is 3.35. The monoisotopic (exact) mass is 618 g/mol. The van der Waals surface area contributed by atoms with Crippen molar-refractivity contribution in [1.29, 1.82) is 0 Å². The molecule has 0 fully saturated rings. The van der Waals surface area contributed by atoms with E-state index in [0.717, 1.165) is 33.5 Å². The second-order valence-corrected chi connectivity index (χ2v) is 10.3. The average molecular weight is 619 g/mol. The molecule has 1 heterocycles. The van der Waals surface area contributed by atoms with Gasteiger partial charge in [0.1, 0.15) is 0 Å². The molecule has 1 aromatic heterocycles. The number of nitrogens with zero attached hydrogens (tertiary/aromatic N) is 4. The fourth-order valence-electron chi connectivity index (χ4n) is 3.79. The molecule has 0 bridgehead atoms. The number of carbonyl (C=O) groups excluding carboxylic acids is 1. The van der Waals surface area contributed by atoms with Gasteiger partial charge in [-0.25, -0.2) is 5.43 Å². The van der Waals surface area contributed by atoms with E-state index >= 15 is 0 Å². The SMILES string of the molecule is O=C(CSc1nnc(CNc2ccc(I)cc2)n1-c1ccccc1)N/N=C\c1cccc2ccccc12. The third-order valence-corrected chi connectivity index (χ3v) is 7.21. The van der Waals surface area contributed by atoms with Gasteiger partial charge in [-0.1, -0.05) is 72.4 Å². The van der Waals surface area contributed by atoms with E-state index in [4.69, 9.17) is 0 Å². The first-order valence-corrected chi connectivity index (χ1v) is 13.7. The van der Waals surface area contributed by atoms with Crippen molar-refractivity contribution in [3.8, 4) is 5.69 Å². The van der Waals surface area contributed by atoms with E-state index in [-0.39, 0.29) is 11.7 Å². The number of hydrazone groups is 1. The number of para-hydroxylation sites is 1. The zero-order valence-corrected chi connectivity index (χ0v) is 22.7. The highest BCUT2D eigenvalue weighted by molar-refractivity contribution is 14.1. The van der Waals surface area contributed by atoms with Gasteiger partial charge in [-0.15, -0.1) is 10.2 Å². The number of hydrogen-bond donors (Lipinski definition) is 2. The Morgan fingerprint density at radius 1 is 0.919 bits per heavy atom. The molecule has 0 atom stereocenters. The molecule has 7 nitrogen and oxygen atoms in total. The van der Waals surface area contributed by atoms with Crippen LogP contribution in [0.15, 0.2) is 107 Å². The Hall–Kier alpha value is -3.70. The Kier molecular flexibility index (Phi) is 8.11. The van der Waals surface area contributed by atoms with Crippen molar-refractivity contribution in [3.05, 3.63) is 112 Å². The van der Waals surface area contributed by atoms with E-state index in [1.807, 2.05) is 89.5 Å². The molecule has 4 aromatic carbocycles. The van der Waals surface area contributed by atoms with Crippen molar-refractivity contribution in [2.75, 3.05) is 11.1 Å². The lowest BCUT2D eigenvalue weighted by molar-refractivity contribution is -0.118. The van der Waals surface area contributed by atoms with Crippen LogP contribution in [0.25, 0.3) is 16.5 Å². The first kappa shape index (κ1) is 25.0. The van der Waals surface area contributed by atoms with Crippen LogP contribution in [0.3, 0.4) is 0 Å². The summed E-state index contributed by atoms with van der Waals surface area (Å²) >= 11 is 3.60. The standard InChI is InChI=1S/C28H23IN6OS/c29-22-13-15-23(16-14-22)30-18-26-32-34-28(35(26)24-10-2-1-3-11-24)37-19-27(36)33-31-17-21-9-6-8-20-7-4-5-12-25(20)21/h1-17,30H,18-19H2,(H,33,36)/b31-17-. The predicted octanol–water partition coefficient (Wildman–Crippen LogP) is 5.88. The Bertz CT molecular complexity index is 1530. The molecule has 0 aliphatic heterocycles. The van der Waals surface area contributed by atoms with Gasteiger partial charge in [0, 0.05) is 20.5 Å². The van der Waals surface area contributed by atoms with Crippen molar-refractivity contribution in [2.45, 2.75) is 11.7 Å². The summed E-state index contributed by atoms with van der Waals surface area (Å²) in [6, 6.07) is 32.1. The zero-order valence-electron chi connectivity index (χ0n) is 19.7. The van der Waals surface area contributed by atoms with Crippen LogP contribution in [-0.4, -0.2) is 32.6 Å². The van der Waals surface area contributed by atoms with Gasteiger partial charge in [0.25, 0.3) is 5.91 Å². The van der Waals surface area contributed by atoms with Gasteiger partial charge in [-0.2, -0.15) is 5.10 Å². The maximum atomic E-state index is 12.5. The minimum absolute atomic E-state index is 0.155. The maximum absolute atomic E-state index is 12.5. The molecule has 5 rings (SSSR count). The van der Waals surface area contributed by atoms with Gasteiger partial charge in [0.2, 0.25) is 0 Å². The number of nitrogens with one attached hydrogen (secondary N) is 2. The van der Waals surface area contributed by atoms with E-state index in [9.17, 15) is 4.79 Å². The number of halogens is 1. The number of fused-ring (bicyclic) bond motifs is 1. The summed E-state index contributed by atoms with van der Waals surface area (Å²) in [5.41, 5.74) is 5.50. The highest BCUT2D eigenvalue weighted by atomic mass is 127. The second-order valence-electron chi connectivity index (χ2n) is 8.08. The van der Waals surface area contributed by atoms with Crippen LogP contribution in [0, 0.1) is 3.57 Å². The number of rotatable bonds is 9. The normalized spacial score (nSPS) is 11.2. The van der Waals surface area contributed by atoms with Gasteiger partial charge in [0.15, 0.2) is 11.0 Å². The molecular formula is C28H23IN6OS. The molecular weight excluding hydrogens is 595 g/mol. The highest BCUT2D eigenvalue weighted by Gasteiger charge is 2.16. The molecule has 9 heteroatoms. The van der Waals surface area contributed by atoms with Gasteiger partial charge in [0.05, 0.1) is 18.5 Å². The first-order chi connectivity index (χ1) is 18.2. The van der Waals surface area contributed by atoms with Crippen molar-refractivity contribution in [2.24, 2.45) is 5.10 Å². The van der Waals surface area contributed by atoms with E-state index < -0.39 is 0 Å². The lowest BCUT2D eigenvalue weighted by atomic mass is 10.1. The quantitative estimate of drug-likeness (QED) is 0.0934. The fourth-order valence-corrected chi connectivity index (χ4v) is 4.92. The van der Waals surface area contributed by atoms with Gasteiger partial charge >= 0.3 is 0 Å². The number of hydrogen-bond acceptors (Lipinski definition) is 6. The molecule has 0 aliphatic carbocycles. The molecule has 0 unspecified atom stereocenters. The minimum atomic E-state index is -0.220. The highest BCUT2D eigenvalue weighted by Crippen LogP contribution is 2.23. The molecule has 2 N–H and O–H groups in total. The molecule has 0 spiro atoms. The molecule has 0 radical (unpaired) electrons. The van der Waals surface area contributed by atoms with Crippen molar-refractivity contribution in [3.63, 3.8) is 0 Å². The van der Waals surface area contributed by atoms with Crippen molar-refractivity contribution < 1.29 is 4.79 Å². The van der Waals surface area contributed by atoms with Crippen LogP contribution in [0.1, 0.15) is 11.4 Å². The van der Waals surface area contributed by atoms with E-state index in [2.05, 4.69) is 60.8 Å². The third-order valence-electron chi connectivity index (χ3n) is 5.56. The fraction of sp³-hybridized carbons (Fsp3) is 0.0714. The number of benzene rings is 4. The number of aromatic nitrogens is 3. The van der Waals surface area contributed by atoms with Crippen LogP contribution < -0.4 is 10.7 Å². The van der Waals surface area contributed by atoms with Crippen LogP contribution in [-0.2, 0) is 11.3 Å². The summed E-state index contributed by atoms with van der Waals surface area (Å²) in [4.78, 5) is 12.5. The Morgan fingerprint density at radius 3 is 2.51 bits per heavy atom. The summed E-state index contributed by atoms with van der Waals surface area (Å²) in [5, 5.41) is 19.2. The third kappa shape index (κ3) is 6.36. The summed E-state index contributed by atoms with van der Waals surface area (Å²) in [5.74, 6) is 0.687. The van der Waals surface area contributed by atoms with Crippen LogP contribution >= 0.6 is 34.4 Å². The minimum Gasteiger partial charge on any atom is -0.378 e. The van der Waals surface area contributed by atoms with E-state index in [1.165, 1.54) is 15.3 Å². The summed E-state index contributed by atoms with van der Waals surface area (Å²) in [6.07, 6.45) is 1.67. The first-order valence-electron chi connectivity index (χ1n) is 11.6. The molecule has 37 heavy (non-hydrogen) atoms. The smallest absolute Gasteiger partial charge is 0.250 e. The maximum Gasteiger partial charge on any atom is 0.250 e. The number of anilines is 1. The van der Waals surface area contributed by atoms with Crippen molar-refractivity contribution in [1.82, 2.24) is 20.2 Å². The molecule has 5 aromatic rings. The Morgan fingerprint density at radius 2 is 1.68 bits per heavy atom. The molecule has 0 aliphatic rings. The number of amides is 1. The predicted molar refractivity (Wildman–Crippen MR) is 158 cm³/mol. The number of carbonyl (C=O) groups is 1. The zero-order chi connectivity index (χ0) is 25.5. The van der Waals surface area contributed by atoms with Gasteiger partial charge in [-0.3, -0.25) is 9.36 Å². The largest absolute Gasteiger partial charge is 0.378 e. The second kappa shape index (κ2) is 12.0. The summed E-state index contributed by atoms with van der Waals surface area (Å²) in [7, 11) is 0. The Balaban J connectivity index is 1.25. The number of thioether (sulfide) groups is 1. The lowest BCUT2D eigenvalue weighted by Crippen LogP contribution is -2.20. The lowest BCUT2D eigenvalue weighted by Gasteiger charge is -2.11. The van der Waals surface area contributed by atoms with Crippen LogP contribution in [0.4, 0.5) is 5.69 Å². The van der Waals surface area contributed by atoms with Crippen molar-refractivity contribution >= 4 is 62.9 Å². The van der Waals surface area contributed by atoms with E-state index in [0.29, 0.717) is 11.7 Å². The molecule has 1 amide bonds. The van der Waals surface area contributed by atoms with Gasteiger partial charge in [-0.05, 0) is 69.8 Å². The van der Waals surface area contributed by atoms with Gasteiger partial charge < -0.3 is 5.32 Å². The summed E-state index contributed by atoms with van der Waals surface area (Å²) < 4.78 is 3.14. The Labute approximate surface area is 232 Å². The topological polar surface area (TPSA) is 84.2 Å². The summed E-state index contributed by atoms with van der Waals surface area (Å²) in [6.45, 7) is 0.491. The molecule has 0 saturated carbocycles. The van der Waals surface area contributed by atoms with Crippen LogP contribution in [0.5, 0.6) is 0 Å².